The summed E-state index contributed by atoms with van der Waals surface area (Å²) >= 11 is 0. The van der Waals surface area contributed by atoms with Crippen LogP contribution in [-0.4, -0.2) is 23.0 Å². The summed E-state index contributed by atoms with van der Waals surface area (Å²) in [5, 5.41) is 2.69. The van der Waals surface area contributed by atoms with Crippen molar-refractivity contribution in [1.82, 2.24) is 9.88 Å². The van der Waals surface area contributed by atoms with Crippen LogP contribution in [0.25, 0.3) is 0 Å². The van der Waals surface area contributed by atoms with Crippen molar-refractivity contribution in [2.75, 3.05) is 12.4 Å². The second-order valence-electron chi connectivity index (χ2n) is 2.80. The smallest absolute Gasteiger partial charge is 0.323 e. The van der Waals surface area contributed by atoms with E-state index in [9.17, 15) is 4.79 Å². The minimum Gasteiger partial charge on any atom is -0.323 e. The van der Waals surface area contributed by atoms with Crippen molar-refractivity contribution in [3.63, 3.8) is 0 Å². The molecule has 0 bridgehead atoms. The lowest BCUT2D eigenvalue weighted by Gasteiger charge is -2.24. The Morgan fingerprint density at radius 3 is 3.33 bits per heavy atom. The van der Waals surface area contributed by atoms with Crippen LogP contribution in [0.15, 0.2) is 18.3 Å². The molecule has 1 N–H and O–H groups in total. The predicted octanol–water partition coefficient (Wildman–Crippen LogP) is 1.06. The Labute approximate surface area is 70.2 Å². The topological polar surface area (TPSA) is 45.2 Å². The molecule has 0 radical (unpaired) electrons. The minimum absolute atomic E-state index is 0.0961. The second-order valence-corrected chi connectivity index (χ2v) is 2.80. The molecule has 0 aromatic carbocycles. The van der Waals surface area contributed by atoms with Gasteiger partial charge in [0.15, 0.2) is 0 Å². The number of carbonyl (C=O) groups is 1. The summed E-state index contributed by atoms with van der Waals surface area (Å²) in [7, 11) is 1.76. The van der Waals surface area contributed by atoms with E-state index < -0.39 is 0 Å². The van der Waals surface area contributed by atoms with Gasteiger partial charge in [-0.05, 0) is 6.07 Å². The van der Waals surface area contributed by atoms with Gasteiger partial charge in [0.2, 0.25) is 0 Å². The zero-order chi connectivity index (χ0) is 8.55. The Balaban J connectivity index is 2.40. The van der Waals surface area contributed by atoms with Crippen LogP contribution in [0.1, 0.15) is 5.56 Å². The van der Waals surface area contributed by atoms with Gasteiger partial charge in [-0.25, -0.2) is 9.78 Å². The fraction of sp³-hybridized carbons (Fsp3) is 0.250. The largest absolute Gasteiger partial charge is 0.323 e. The quantitative estimate of drug-likeness (QED) is 0.621. The number of rotatable bonds is 0. The van der Waals surface area contributed by atoms with E-state index in [0.29, 0.717) is 12.4 Å². The summed E-state index contributed by atoms with van der Waals surface area (Å²) in [6, 6.07) is 3.73. The predicted molar refractivity (Wildman–Crippen MR) is 44.7 cm³/mol. The Kier molecular flexibility index (Phi) is 1.46. The molecule has 4 nitrogen and oxygen atoms in total. The summed E-state index contributed by atoms with van der Waals surface area (Å²) in [6.07, 6.45) is 1.67. The molecule has 0 saturated heterocycles. The molecule has 1 aliphatic rings. The second kappa shape index (κ2) is 2.48. The van der Waals surface area contributed by atoms with Crippen LogP contribution in [0.2, 0.25) is 0 Å². The van der Waals surface area contributed by atoms with Crippen molar-refractivity contribution in [1.29, 1.82) is 0 Å². The van der Waals surface area contributed by atoms with Gasteiger partial charge in [0.05, 0.1) is 6.54 Å². The average molecular weight is 163 g/mol. The molecule has 1 aromatic heterocycles. The fourth-order valence-electron chi connectivity index (χ4n) is 1.20. The maximum Gasteiger partial charge on any atom is 0.323 e. The molecule has 2 rings (SSSR count). The SMILES string of the molecule is CN1Cc2cccnc2NC1=O. The standard InChI is InChI=1S/C8H9N3O/c1-11-5-6-3-2-4-9-7(6)10-8(11)12/h2-4H,5H2,1H3,(H,9,10,12). The number of pyridine rings is 1. The average Bonchev–Trinajstić information content (AvgIpc) is 2.07. The molecule has 2 amide bonds. The lowest BCUT2D eigenvalue weighted by atomic mass is 10.2. The molecule has 0 aliphatic carbocycles. The molecule has 12 heavy (non-hydrogen) atoms. The van der Waals surface area contributed by atoms with Crippen LogP contribution >= 0.6 is 0 Å². The molecule has 0 atom stereocenters. The van der Waals surface area contributed by atoms with Crippen molar-refractivity contribution < 1.29 is 4.79 Å². The number of nitrogens with zero attached hydrogens (tertiary/aromatic N) is 2. The molecule has 62 valence electrons. The number of anilines is 1. The molecule has 0 fully saturated rings. The van der Waals surface area contributed by atoms with Gasteiger partial charge in [-0.2, -0.15) is 0 Å². The van der Waals surface area contributed by atoms with Gasteiger partial charge in [-0.15, -0.1) is 0 Å². The summed E-state index contributed by atoms with van der Waals surface area (Å²) < 4.78 is 0. The first kappa shape index (κ1) is 7.09. The summed E-state index contributed by atoms with van der Waals surface area (Å²) in [6.45, 7) is 0.634. The molecule has 4 heteroatoms. The van der Waals surface area contributed by atoms with Crippen LogP contribution in [0.5, 0.6) is 0 Å². The highest BCUT2D eigenvalue weighted by molar-refractivity contribution is 5.90. The monoisotopic (exact) mass is 163 g/mol. The van der Waals surface area contributed by atoms with Crippen molar-refractivity contribution in [3.05, 3.63) is 23.9 Å². The Morgan fingerprint density at radius 2 is 2.50 bits per heavy atom. The van der Waals surface area contributed by atoms with Crippen molar-refractivity contribution >= 4 is 11.8 Å². The Morgan fingerprint density at radius 1 is 1.67 bits per heavy atom. The van der Waals surface area contributed by atoms with Gasteiger partial charge in [-0.3, -0.25) is 5.32 Å². The van der Waals surface area contributed by atoms with E-state index in [1.54, 1.807) is 18.1 Å². The van der Waals surface area contributed by atoms with Gasteiger partial charge in [0, 0.05) is 18.8 Å². The third kappa shape index (κ3) is 1.01. The highest BCUT2D eigenvalue weighted by Gasteiger charge is 2.18. The Hall–Kier alpha value is -1.58. The summed E-state index contributed by atoms with van der Waals surface area (Å²) in [4.78, 5) is 16.8. The molecule has 1 aromatic rings. The lowest BCUT2D eigenvalue weighted by molar-refractivity contribution is 0.218. The van der Waals surface area contributed by atoms with E-state index in [2.05, 4.69) is 10.3 Å². The van der Waals surface area contributed by atoms with Gasteiger partial charge in [0.1, 0.15) is 5.82 Å². The van der Waals surface area contributed by atoms with Crippen LogP contribution in [0.4, 0.5) is 10.6 Å². The van der Waals surface area contributed by atoms with Crippen molar-refractivity contribution in [2.24, 2.45) is 0 Å². The van der Waals surface area contributed by atoms with Crippen molar-refractivity contribution in [2.45, 2.75) is 6.54 Å². The molecule has 0 unspecified atom stereocenters. The molecule has 0 saturated carbocycles. The number of fused-ring (bicyclic) bond motifs is 1. The van der Waals surface area contributed by atoms with E-state index >= 15 is 0 Å². The number of amides is 2. The molecule has 2 heterocycles. The first-order valence-electron chi connectivity index (χ1n) is 3.73. The molecule has 1 aliphatic heterocycles. The third-order valence-corrected chi connectivity index (χ3v) is 1.87. The van der Waals surface area contributed by atoms with Crippen LogP contribution in [0.3, 0.4) is 0 Å². The number of hydrogen-bond acceptors (Lipinski definition) is 2. The van der Waals surface area contributed by atoms with Gasteiger partial charge < -0.3 is 4.90 Å². The molecule has 0 spiro atoms. The van der Waals surface area contributed by atoms with E-state index in [-0.39, 0.29) is 6.03 Å². The fourth-order valence-corrected chi connectivity index (χ4v) is 1.20. The maximum atomic E-state index is 11.1. The first-order valence-corrected chi connectivity index (χ1v) is 3.73. The molecular weight excluding hydrogens is 154 g/mol. The molecular formula is C8H9N3O. The van der Waals surface area contributed by atoms with Gasteiger partial charge in [-0.1, -0.05) is 6.07 Å². The van der Waals surface area contributed by atoms with Crippen molar-refractivity contribution in [3.8, 4) is 0 Å². The summed E-state index contributed by atoms with van der Waals surface area (Å²) in [5.74, 6) is 0.681. The lowest BCUT2D eigenvalue weighted by Crippen LogP contribution is -2.35. The van der Waals surface area contributed by atoms with Crippen LogP contribution in [-0.2, 0) is 6.54 Å². The number of urea groups is 1. The number of hydrogen-bond donors (Lipinski definition) is 1. The van der Waals surface area contributed by atoms with E-state index in [4.69, 9.17) is 0 Å². The zero-order valence-corrected chi connectivity index (χ0v) is 6.74. The van der Waals surface area contributed by atoms with Crippen LogP contribution in [0, 0.1) is 0 Å². The van der Waals surface area contributed by atoms with Crippen LogP contribution < -0.4 is 5.32 Å². The number of nitrogens with one attached hydrogen (secondary N) is 1. The third-order valence-electron chi connectivity index (χ3n) is 1.87. The highest BCUT2D eigenvalue weighted by Crippen LogP contribution is 2.18. The minimum atomic E-state index is -0.0961. The summed E-state index contributed by atoms with van der Waals surface area (Å²) in [5.41, 5.74) is 1.06. The number of aromatic nitrogens is 1. The first-order chi connectivity index (χ1) is 5.77. The highest BCUT2D eigenvalue weighted by atomic mass is 16.2. The van der Waals surface area contributed by atoms with E-state index in [0.717, 1.165) is 5.56 Å². The van der Waals surface area contributed by atoms with Gasteiger partial charge in [0.25, 0.3) is 0 Å². The van der Waals surface area contributed by atoms with Gasteiger partial charge >= 0.3 is 6.03 Å². The zero-order valence-electron chi connectivity index (χ0n) is 6.74. The van der Waals surface area contributed by atoms with E-state index in [1.165, 1.54) is 0 Å². The van der Waals surface area contributed by atoms with E-state index in [1.807, 2.05) is 12.1 Å². The normalized spacial score (nSPS) is 15.4. The Bertz CT molecular complexity index is 324. The maximum absolute atomic E-state index is 11.1. The number of carbonyl (C=O) groups excluding carboxylic acids is 1.